The molecule has 0 unspecified atom stereocenters. The topological polar surface area (TPSA) is 82.1 Å². The summed E-state index contributed by atoms with van der Waals surface area (Å²) >= 11 is 5.92. The standard InChI is InChI=1S/C20H31ClN4O3S/c1-5-22-19(23-10-13-29(27,28)20(2,3)4)25-12-11-24(18(26)15-25)14-16-6-8-17(21)9-7-16/h6-9H,5,10-15H2,1-4H3,(H,22,23). The Balaban J connectivity index is 1.98. The summed E-state index contributed by atoms with van der Waals surface area (Å²) < 4.78 is 23.8. The fourth-order valence-electron chi connectivity index (χ4n) is 2.87. The molecule has 7 nitrogen and oxygen atoms in total. The number of aliphatic imine (C=N–C) groups is 1. The van der Waals surface area contributed by atoms with Crippen LogP contribution in [0.1, 0.15) is 33.3 Å². The van der Waals surface area contributed by atoms with E-state index in [1.165, 1.54) is 0 Å². The molecule has 0 saturated carbocycles. The normalized spacial score (nSPS) is 16.3. The first kappa shape index (κ1) is 23.5. The number of sulfone groups is 1. The van der Waals surface area contributed by atoms with Gasteiger partial charge in [0.15, 0.2) is 15.8 Å². The van der Waals surface area contributed by atoms with Crippen molar-refractivity contribution in [2.24, 2.45) is 4.99 Å². The second-order valence-electron chi connectivity index (χ2n) is 8.03. The number of halogens is 1. The smallest absolute Gasteiger partial charge is 0.242 e. The predicted octanol–water partition coefficient (Wildman–Crippen LogP) is 2.16. The number of nitrogens with zero attached hydrogens (tertiary/aromatic N) is 3. The van der Waals surface area contributed by atoms with Gasteiger partial charge in [-0.15, -0.1) is 0 Å². The molecule has 29 heavy (non-hydrogen) atoms. The van der Waals surface area contributed by atoms with Crippen LogP contribution in [-0.2, 0) is 21.2 Å². The molecule has 162 valence electrons. The van der Waals surface area contributed by atoms with E-state index >= 15 is 0 Å². The average Bonchev–Trinajstić information content (AvgIpc) is 2.63. The number of hydrogen-bond acceptors (Lipinski definition) is 4. The van der Waals surface area contributed by atoms with E-state index in [2.05, 4.69) is 10.3 Å². The SMILES string of the molecule is CCNC(=NCCS(=O)(=O)C(C)(C)C)N1CCN(Cc2ccc(Cl)cc2)C(=O)C1. The lowest BCUT2D eigenvalue weighted by atomic mass is 10.2. The third-order valence-corrected chi connectivity index (χ3v) is 7.63. The third kappa shape index (κ3) is 6.60. The summed E-state index contributed by atoms with van der Waals surface area (Å²) in [5.74, 6) is 0.575. The van der Waals surface area contributed by atoms with Crippen molar-refractivity contribution in [3.63, 3.8) is 0 Å². The second kappa shape index (κ2) is 9.80. The van der Waals surface area contributed by atoms with E-state index in [0.29, 0.717) is 37.2 Å². The minimum atomic E-state index is -3.23. The van der Waals surface area contributed by atoms with Gasteiger partial charge in [-0.3, -0.25) is 9.79 Å². The Kier molecular flexibility index (Phi) is 7.94. The number of guanidine groups is 1. The molecule has 1 aromatic carbocycles. The van der Waals surface area contributed by atoms with E-state index in [-0.39, 0.29) is 24.7 Å². The Bertz CT molecular complexity index is 832. The lowest BCUT2D eigenvalue weighted by Gasteiger charge is -2.36. The molecule has 1 amide bonds. The van der Waals surface area contributed by atoms with Gasteiger partial charge in [-0.05, 0) is 45.4 Å². The molecule has 1 N–H and O–H groups in total. The van der Waals surface area contributed by atoms with E-state index < -0.39 is 14.6 Å². The van der Waals surface area contributed by atoms with Gasteiger partial charge in [0.2, 0.25) is 5.91 Å². The highest BCUT2D eigenvalue weighted by Gasteiger charge is 2.29. The van der Waals surface area contributed by atoms with Crippen LogP contribution in [0.15, 0.2) is 29.3 Å². The number of carbonyl (C=O) groups excluding carboxylic acids is 1. The fourth-order valence-corrected chi connectivity index (χ4v) is 3.94. The van der Waals surface area contributed by atoms with Crippen LogP contribution in [0.4, 0.5) is 0 Å². The minimum absolute atomic E-state index is 0.0131. The van der Waals surface area contributed by atoms with Gasteiger partial charge in [-0.25, -0.2) is 8.42 Å². The molecule has 1 heterocycles. The number of hydrogen-bond donors (Lipinski definition) is 1. The zero-order valence-electron chi connectivity index (χ0n) is 17.6. The molecule has 0 aliphatic carbocycles. The number of piperazine rings is 1. The quantitative estimate of drug-likeness (QED) is 0.539. The maximum atomic E-state index is 12.6. The van der Waals surface area contributed by atoms with Gasteiger partial charge in [0.05, 0.1) is 23.6 Å². The number of nitrogens with one attached hydrogen (secondary N) is 1. The van der Waals surface area contributed by atoms with Gasteiger partial charge in [-0.1, -0.05) is 23.7 Å². The molecule has 1 saturated heterocycles. The Morgan fingerprint density at radius 3 is 2.41 bits per heavy atom. The Hall–Kier alpha value is -1.80. The van der Waals surface area contributed by atoms with Gasteiger partial charge in [0, 0.05) is 31.2 Å². The average molecular weight is 443 g/mol. The number of benzene rings is 1. The molecule has 0 radical (unpaired) electrons. The van der Waals surface area contributed by atoms with E-state index in [0.717, 1.165) is 5.56 Å². The van der Waals surface area contributed by atoms with Gasteiger partial charge in [-0.2, -0.15) is 0 Å². The van der Waals surface area contributed by atoms with Crippen LogP contribution in [0.3, 0.4) is 0 Å². The van der Waals surface area contributed by atoms with Gasteiger partial charge < -0.3 is 15.1 Å². The van der Waals surface area contributed by atoms with Crippen LogP contribution < -0.4 is 5.32 Å². The zero-order valence-corrected chi connectivity index (χ0v) is 19.2. The molecule has 1 aromatic rings. The summed E-state index contributed by atoms with van der Waals surface area (Å²) in [4.78, 5) is 20.8. The van der Waals surface area contributed by atoms with Crippen molar-refractivity contribution in [2.45, 2.75) is 39.0 Å². The maximum absolute atomic E-state index is 12.6. The first-order valence-corrected chi connectivity index (χ1v) is 11.8. The number of amides is 1. The van der Waals surface area contributed by atoms with Crippen molar-refractivity contribution < 1.29 is 13.2 Å². The molecular formula is C20H31ClN4O3S. The van der Waals surface area contributed by atoms with Crippen molar-refractivity contribution in [2.75, 3.05) is 38.5 Å². The van der Waals surface area contributed by atoms with Crippen molar-refractivity contribution in [3.05, 3.63) is 34.9 Å². The Labute approximate surface area is 179 Å². The highest BCUT2D eigenvalue weighted by molar-refractivity contribution is 7.92. The molecule has 1 aliphatic heterocycles. The summed E-state index contributed by atoms with van der Waals surface area (Å²) in [5, 5.41) is 3.84. The molecular weight excluding hydrogens is 412 g/mol. The fraction of sp³-hybridized carbons (Fsp3) is 0.600. The van der Waals surface area contributed by atoms with Gasteiger partial charge in [0.25, 0.3) is 0 Å². The van der Waals surface area contributed by atoms with E-state index in [4.69, 9.17) is 11.6 Å². The predicted molar refractivity (Wildman–Crippen MR) is 118 cm³/mol. The molecule has 0 spiro atoms. The third-order valence-electron chi connectivity index (χ3n) is 4.79. The lowest BCUT2D eigenvalue weighted by molar-refractivity contribution is -0.135. The van der Waals surface area contributed by atoms with E-state index in [1.54, 1.807) is 20.8 Å². The summed E-state index contributed by atoms with van der Waals surface area (Å²) in [7, 11) is -3.23. The van der Waals surface area contributed by atoms with E-state index in [9.17, 15) is 13.2 Å². The van der Waals surface area contributed by atoms with Crippen LogP contribution >= 0.6 is 11.6 Å². The summed E-state index contributed by atoms with van der Waals surface area (Å²) in [6, 6.07) is 7.48. The van der Waals surface area contributed by atoms with Gasteiger partial charge >= 0.3 is 0 Å². The summed E-state index contributed by atoms with van der Waals surface area (Å²) in [6.45, 7) is 9.79. The molecule has 0 aromatic heterocycles. The first-order valence-electron chi connectivity index (χ1n) is 9.81. The van der Waals surface area contributed by atoms with Crippen molar-refractivity contribution >= 4 is 33.3 Å². The number of carbonyl (C=O) groups is 1. The van der Waals surface area contributed by atoms with Crippen molar-refractivity contribution in [1.82, 2.24) is 15.1 Å². The van der Waals surface area contributed by atoms with Crippen LogP contribution in [-0.4, -0.2) is 73.3 Å². The van der Waals surface area contributed by atoms with Crippen LogP contribution in [0.25, 0.3) is 0 Å². The van der Waals surface area contributed by atoms with Crippen molar-refractivity contribution in [3.8, 4) is 0 Å². The largest absolute Gasteiger partial charge is 0.357 e. The summed E-state index contributed by atoms with van der Waals surface area (Å²) in [5.41, 5.74) is 1.03. The molecule has 0 atom stereocenters. The van der Waals surface area contributed by atoms with Crippen molar-refractivity contribution in [1.29, 1.82) is 0 Å². The Morgan fingerprint density at radius 1 is 1.21 bits per heavy atom. The molecule has 0 bridgehead atoms. The first-order chi connectivity index (χ1) is 13.5. The monoisotopic (exact) mass is 442 g/mol. The molecule has 1 aliphatic rings. The molecule has 9 heteroatoms. The second-order valence-corrected chi connectivity index (χ2v) is 11.3. The Morgan fingerprint density at radius 2 is 1.86 bits per heavy atom. The van der Waals surface area contributed by atoms with Crippen LogP contribution in [0.5, 0.6) is 0 Å². The maximum Gasteiger partial charge on any atom is 0.242 e. The molecule has 1 fully saturated rings. The lowest BCUT2D eigenvalue weighted by Crippen LogP contribution is -2.55. The zero-order chi connectivity index (χ0) is 21.7. The van der Waals surface area contributed by atoms with Crippen LogP contribution in [0, 0.1) is 0 Å². The number of rotatable bonds is 6. The highest BCUT2D eigenvalue weighted by Crippen LogP contribution is 2.16. The van der Waals surface area contributed by atoms with E-state index in [1.807, 2.05) is 41.0 Å². The summed E-state index contributed by atoms with van der Waals surface area (Å²) in [6.07, 6.45) is 0. The van der Waals surface area contributed by atoms with Gasteiger partial charge in [0.1, 0.15) is 0 Å². The van der Waals surface area contributed by atoms with Crippen LogP contribution in [0.2, 0.25) is 5.02 Å². The molecule has 2 rings (SSSR count). The minimum Gasteiger partial charge on any atom is -0.357 e. The highest BCUT2D eigenvalue weighted by atomic mass is 35.5.